The third-order valence-electron chi connectivity index (χ3n) is 6.13. The van der Waals surface area contributed by atoms with E-state index in [2.05, 4.69) is 63.5 Å². The number of hydrogen-bond donors (Lipinski definition) is 2. The Hall–Kier alpha value is -3.97. The number of unbranched alkanes of at least 4 members (excludes halogenated alkanes) is 1. The van der Waals surface area contributed by atoms with Crippen LogP contribution in [0.25, 0.3) is 33.1 Å². The zero-order valence-electron chi connectivity index (χ0n) is 20.0. The van der Waals surface area contributed by atoms with Gasteiger partial charge < -0.3 is 19.6 Å². The molecule has 0 spiro atoms. The Morgan fingerprint density at radius 3 is 2.60 bits per heavy atom. The average Bonchev–Trinajstić information content (AvgIpc) is 3.29. The van der Waals surface area contributed by atoms with Crippen molar-refractivity contribution in [3.63, 3.8) is 0 Å². The van der Waals surface area contributed by atoms with Crippen LogP contribution < -0.4 is 5.56 Å². The molecule has 0 unspecified atom stereocenters. The molecule has 7 nitrogen and oxygen atoms in total. The first-order valence-corrected chi connectivity index (χ1v) is 11.9. The van der Waals surface area contributed by atoms with Crippen LogP contribution in [0.5, 0.6) is 0 Å². The van der Waals surface area contributed by atoms with Crippen molar-refractivity contribution in [2.24, 2.45) is 10.2 Å². The van der Waals surface area contributed by atoms with Gasteiger partial charge in [-0.15, -0.1) is 0 Å². The van der Waals surface area contributed by atoms with Crippen LogP contribution in [-0.2, 0) is 11.2 Å². The Labute approximate surface area is 203 Å². The van der Waals surface area contributed by atoms with Gasteiger partial charge in [0.05, 0.1) is 28.9 Å². The van der Waals surface area contributed by atoms with Gasteiger partial charge >= 0.3 is 0 Å². The summed E-state index contributed by atoms with van der Waals surface area (Å²) in [6, 6.07) is 16.1. The number of nitrogens with one attached hydrogen (secondary N) is 2. The van der Waals surface area contributed by atoms with Crippen molar-refractivity contribution < 1.29 is 4.74 Å². The van der Waals surface area contributed by atoms with Gasteiger partial charge in [-0.25, -0.2) is 0 Å². The number of benzene rings is 2. The molecule has 2 N–H and O–H groups in total. The summed E-state index contributed by atoms with van der Waals surface area (Å²) in [6.07, 6.45) is 8.64. The van der Waals surface area contributed by atoms with Gasteiger partial charge in [0.1, 0.15) is 6.61 Å². The Morgan fingerprint density at radius 1 is 0.943 bits per heavy atom. The number of ether oxygens (including phenoxy) is 1. The molecule has 35 heavy (non-hydrogen) atoms. The van der Waals surface area contributed by atoms with Gasteiger partial charge in [0, 0.05) is 21.8 Å². The standard InChI is InChI=1S/C28H29N5O2/c1-33(2)12-4-3-5-19-6-8-25-20(15-19)18-27(29-25)24-17-21-16-23(7-9-26(21)30-28(24)34)32-31-22-10-13-35-14-11-22/h6-11,13,15-18,29H,3-5,12,14H2,1-2H3,(H,30,34). The minimum Gasteiger partial charge on any atom is -0.497 e. The predicted molar refractivity (Wildman–Crippen MR) is 141 cm³/mol. The van der Waals surface area contributed by atoms with Crippen molar-refractivity contribution >= 4 is 27.5 Å². The monoisotopic (exact) mass is 467 g/mol. The number of H-pyrrole nitrogens is 2. The molecule has 0 radical (unpaired) electrons. The number of hydrogen-bond acceptors (Lipinski definition) is 5. The number of azo groups is 1. The van der Waals surface area contributed by atoms with Crippen LogP contribution in [0.3, 0.4) is 0 Å². The van der Waals surface area contributed by atoms with Crippen LogP contribution in [-0.4, -0.2) is 42.1 Å². The third-order valence-corrected chi connectivity index (χ3v) is 6.13. The van der Waals surface area contributed by atoms with Crippen LogP contribution in [0.4, 0.5) is 5.69 Å². The normalized spacial score (nSPS) is 13.7. The highest BCUT2D eigenvalue weighted by atomic mass is 16.5. The van der Waals surface area contributed by atoms with Gasteiger partial charge in [-0.1, -0.05) is 6.07 Å². The lowest BCUT2D eigenvalue weighted by Crippen LogP contribution is -2.12. The lowest BCUT2D eigenvalue weighted by Gasteiger charge is -2.08. The maximum absolute atomic E-state index is 12.9. The van der Waals surface area contributed by atoms with Crippen molar-refractivity contribution in [2.75, 3.05) is 27.2 Å². The maximum Gasteiger partial charge on any atom is 0.257 e. The average molecular weight is 468 g/mol. The molecule has 0 bridgehead atoms. The fourth-order valence-corrected chi connectivity index (χ4v) is 4.26. The van der Waals surface area contributed by atoms with E-state index < -0.39 is 0 Å². The SMILES string of the molecule is CN(C)CCCCc1ccc2[nH]c(-c3cc4cc(N=NC5=CCOC=C5)ccc4[nH]c3=O)cc2c1. The quantitative estimate of drug-likeness (QED) is 0.243. The molecule has 0 aliphatic carbocycles. The number of aromatic amines is 2. The highest BCUT2D eigenvalue weighted by molar-refractivity contribution is 5.90. The molecule has 0 atom stereocenters. The fourth-order valence-electron chi connectivity index (χ4n) is 4.26. The molecule has 2 aromatic heterocycles. The van der Waals surface area contributed by atoms with E-state index in [9.17, 15) is 4.79 Å². The Balaban J connectivity index is 1.40. The van der Waals surface area contributed by atoms with E-state index in [1.165, 1.54) is 12.0 Å². The Bertz CT molecular complexity index is 1510. The molecule has 7 heteroatoms. The molecule has 0 saturated carbocycles. The van der Waals surface area contributed by atoms with E-state index in [-0.39, 0.29) is 5.56 Å². The predicted octanol–water partition coefficient (Wildman–Crippen LogP) is 6.07. The lowest BCUT2D eigenvalue weighted by molar-refractivity contribution is 0.284. The molecule has 0 fully saturated rings. The number of rotatable bonds is 8. The van der Waals surface area contributed by atoms with Crippen LogP contribution in [0, 0.1) is 0 Å². The van der Waals surface area contributed by atoms with Gasteiger partial charge in [-0.05, 0) is 100 Å². The van der Waals surface area contributed by atoms with E-state index in [4.69, 9.17) is 4.74 Å². The third kappa shape index (κ3) is 5.41. The first kappa shape index (κ1) is 22.8. The van der Waals surface area contributed by atoms with Gasteiger partial charge in [0.25, 0.3) is 5.56 Å². The van der Waals surface area contributed by atoms with Gasteiger partial charge in [-0.2, -0.15) is 10.2 Å². The van der Waals surface area contributed by atoms with Crippen LogP contribution in [0.1, 0.15) is 18.4 Å². The number of pyridine rings is 1. The summed E-state index contributed by atoms with van der Waals surface area (Å²) in [5.74, 6) is 0. The summed E-state index contributed by atoms with van der Waals surface area (Å²) in [7, 11) is 4.21. The Morgan fingerprint density at radius 2 is 1.77 bits per heavy atom. The molecule has 1 aliphatic rings. The smallest absolute Gasteiger partial charge is 0.257 e. The van der Waals surface area contributed by atoms with E-state index in [0.29, 0.717) is 17.9 Å². The molecule has 4 aromatic rings. The molecule has 3 heterocycles. The van der Waals surface area contributed by atoms with Gasteiger partial charge in [0.2, 0.25) is 0 Å². The molecular formula is C28H29N5O2. The van der Waals surface area contributed by atoms with Gasteiger partial charge in [0.15, 0.2) is 0 Å². The molecule has 0 amide bonds. The summed E-state index contributed by atoms with van der Waals surface area (Å²) in [6.45, 7) is 1.60. The summed E-state index contributed by atoms with van der Waals surface area (Å²) >= 11 is 0. The highest BCUT2D eigenvalue weighted by Crippen LogP contribution is 2.27. The van der Waals surface area contributed by atoms with Crippen LogP contribution in [0.2, 0.25) is 0 Å². The number of fused-ring (bicyclic) bond motifs is 2. The highest BCUT2D eigenvalue weighted by Gasteiger charge is 2.10. The summed E-state index contributed by atoms with van der Waals surface area (Å²) in [4.78, 5) is 21.5. The molecule has 0 saturated heterocycles. The first-order valence-electron chi connectivity index (χ1n) is 11.9. The van der Waals surface area contributed by atoms with Crippen molar-refractivity contribution in [2.45, 2.75) is 19.3 Å². The van der Waals surface area contributed by atoms with Crippen molar-refractivity contribution in [3.05, 3.63) is 88.6 Å². The van der Waals surface area contributed by atoms with E-state index in [1.54, 1.807) is 12.3 Å². The van der Waals surface area contributed by atoms with Crippen molar-refractivity contribution in [1.29, 1.82) is 0 Å². The second-order valence-electron chi connectivity index (χ2n) is 9.11. The molecule has 1 aliphatic heterocycles. The van der Waals surface area contributed by atoms with Crippen LogP contribution in [0.15, 0.2) is 87.7 Å². The van der Waals surface area contributed by atoms with Crippen molar-refractivity contribution in [1.82, 2.24) is 14.9 Å². The van der Waals surface area contributed by atoms with E-state index >= 15 is 0 Å². The summed E-state index contributed by atoms with van der Waals surface area (Å²) in [5.41, 5.74) is 5.86. The number of allylic oxidation sites excluding steroid dienone is 1. The zero-order chi connectivity index (χ0) is 24.2. The fraction of sp³-hybridized carbons (Fsp3) is 0.250. The minimum atomic E-state index is -0.125. The summed E-state index contributed by atoms with van der Waals surface area (Å²) in [5, 5.41) is 10.6. The van der Waals surface area contributed by atoms with Crippen LogP contribution >= 0.6 is 0 Å². The second-order valence-corrected chi connectivity index (χ2v) is 9.11. The second kappa shape index (κ2) is 10.1. The Kier molecular flexibility index (Phi) is 6.59. The first-order chi connectivity index (χ1) is 17.0. The molecular weight excluding hydrogens is 438 g/mol. The minimum absolute atomic E-state index is 0.125. The maximum atomic E-state index is 12.9. The molecule has 5 rings (SSSR count). The van der Waals surface area contributed by atoms with Gasteiger partial charge in [-0.3, -0.25) is 4.79 Å². The molecule has 2 aromatic carbocycles. The number of aromatic nitrogens is 2. The zero-order valence-corrected chi connectivity index (χ0v) is 20.0. The largest absolute Gasteiger partial charge is 0.497 e. The number of aryl methyl sites for hydroxylation is 1. The summed E-state index contributed by atoms with van der Waals surface area (Å²) < 4.78 is 5.14. The van der Waals surface area contributed by atoms with E-state index in [0.717, 1.165) is 52.6 Å². The number of nitrogens with zero attached hydrogens (tertiary/aromatic N) is 3. The van der Waals surface area contributed by atoms with Crippen molar-refractivity contribution in [3.8, 4) is 11.3 Å². The topological polar surface area (TPSA) is 85.8 Å². The molecule has 178 valence electrons. The lowest BCUT2D eigenvalue weighted by atomic mass is 10.1. The van der Waals surface area contributed by atoms with E-state index in [1.807, 2.05) is 30.3 Å².